The molecule has 1 unspecified atom stereocenters. The average Bonchev–Trinajstić information content (AvgIpc) is 2.91. The lowest BCUT2D eigenvalue weighted by Gasteiger charge is -2.35. The summed E-state index contributed by atoms with van der Waals surface area (Å²) in [6, 6.07) is 4.28. The maximum absolute atomic E-state index is 4.65. The zero-order valence-electron chi connectivity index (χ0n) is 12.9. The van der Waals surface area contributed by atoms with Crippen LogP contribution in [-0.4, -0.2) is 67.5 Å². The van der Waals surface area contributed by atoms with Crippen molar-refractivity contribution in [2.75, 3.05) is 34.7 Å². The Morgan fingerprint density at radius 1 is 1.25 bits per heavy atom. The summed E-state index contributed by atoms with van der Waals surface area (Å²) in [6.45, 7) is 2.97. The first kappa shape index (κ1) is 14.8. The molecule has 0 N–H and O–H groups in total. The van der Waals surface area contributed by atoms with Crippen molar-refractivity contribution in [3.05, 3.63) is 22.4 Å². The van der Waals surface area contributed by atoms with Crippen molar-refractivity contribution in [2.24, 2.45) is 9.98 Å². The van der Waals surface area contributed by atoms with Crippen LogP contribution in [0, 0.1) is 0 Å². The van der Waals surface area contributed by atoms with E-state index >= 15 is 0 Å². The van der Waals surface area contributed by atoms with Gasteiger partial charge < -0.3 is 9.80 Å². The molecule has 6 heteroatoms. The van der Waals surface area contributed by atoms with Gasteiger partial charge in [0.1, 0.15) is 6.17 Å². The van der Waals surface area contributed by atoms with Crippen LogP contribution in [-0.2, 0) is 6.42 Å². The molecule has 5 nitrogen and oxygen atoms in total. The molecule has 110 valence electrons. The molecule has 0 radical (unpaired) electrons. The standard InChI is InChI=1S/C14H23N5S/c1-11-15-13(17(2)3)19(5)14(16-11)18(4)9-8-12-7-6-10-20-12/h6-7,10-11H,8-9H2,1-5H3. The summed E-state index contributed by atoms with van der Waals surface area (Å²) in [7, 11) is 8.13. The molecular weight excluding hydrogens is 270 g/mol. The third-order valence-electron chi connectivity index (χ3n) is 3.22. The van der Waals surface area contributed by atoms with Crippen LogP contribution >= 0.6 is 11.3 Å². The van der Waals surface area contributed by atoms with Crippen molar-refractivity contribution >= 4 is 23.3 Å². The van der Waals surface area contributed by atoms with Gasteiger partial charge in [-0.3, -0.25) is 4.90 Å². The van der Waals surface area contributed by atoms with Crippen LogP contribution in [0.1, 0.15) is 11.8 Å². The molecule has 1 aliphatic heterocycles. The third-order valence-corrected chi connectivity index (χ3v) is 4.16. The summed E-state index contributed by atoms with van der Waals surface area (Å²) in [5, 5.41) is 2.12. The molecule has 1 aromatic rings. The Labute approximate surface area is 125 Å². The molecule has 0 aromatic carbocycles. The number of nitrogens with zero attached hydrogens (tertiary/aromatic N) is 5. The van der Waals surface area contributed by atoms with E-state index in [1.165, 1.54) is 4.88 Å². The lowest BCUT2D eigenvalue weighted by molar-refractivity contribution is 0.412. The van der Waals surface area contributed by atoms with Crippen molar-refractivity contribution in [3.63, 3.8) is 0 Å². The molecule has 20 heavy (non-hydrogen) atoms. The van der Waals surface area contributed by atoms with Crippen molar-refractivity contribution in [3.8, 4) is 0 Å². The van der Waals surface area contributed by atoms with Crippen molar-refractivity contribution in [2.45, 2.75) is 19.5 Å². The fourth-order valence-electron chi connectivity index (χ4n) is 2.23. The lowest BCUT2D eigenvalue weighted by Crippen LogP contribution is -2.51. The predicted octanol–water partition coefficient (Wildman–Crippen LogP) is 1.79. The normalized spacial score (nSPS) is 18.6. The second kappa shape index (κ2) is 6.26. The van der Waals surface area contributed by atoms with Crippen LogP contribution in [0.4, 0.5) is 0 Å². The minimum atomic E-state index is -0.0252. The first-order valence-corrected chi connectivity index (χ1v) is 7.67. The molecule has 0 saturated heterocycles. The third kappa shape index (κ3) is 3.30. The average molecular weight is 293 g/mol. The number of likely N-dealkylation sites (N-methyl/N-ethyl adjacent to an activating group) is 1. The van der Waals surface area contributed by atoms with Gasteiger partial charge in [-0.1, -0.05) is 6.07 Å². The Kier molecular flexibility index (Phi) is 4.65. The number of hydrogen-bond acceptors (Lipinski definition) is 6. The summed E-state index contributed by atoms with van der Waals surface area (Å²) >= 11 is 1.81. The van der Waals surface area contributed by atoms with E-state index in [9.17, 15) is 0 Å². The van der Waals surface area contributed by atoms with Gasteiger partial charge in [-0.2, -0.15) is 0 Å². The van der Waals surface area contributed by atoms with Crippen LogP contribution < -0.4 is 0 Å². The highest BCUT2D eigenvalue weighted by Crippen LogP contribution is 2.13. The van der Waals surface area contributed by atoms with Crippen molar-refractivity contribution in [1.29, 1.82) is 0 Å². The summed E-state index contributed by atoms with van der Waals surface area (Å²) < 4.78 is 0. The van der Waals surface area contributed by atoms with Gasteiger partial charge in [0.2, 0.25) is 11.9 Å². The zero-order chi connectivity index (χ0) is 14.7. The van der Waals surface area contributed by atoms with Gasteiger partial charge in [0.25, 0.3) is 0 Å². The highest BCUT2D eigenvalue weighted by molar-refractivity contribution is 7.09. The number of guanidine groups is 2. The molecule has 0 spiro atoms. The maximum Gasteiger partial charge on any atom is 0.205 e. The van der Waals surface area contributed by atoms with Gasteiger partial charge >= 0.3 is 0 Å². The molecule has 0 aliphatic carbocycles. The molecule has 1 aromatic heterocycles. The molecule has 1 atom stereocenters. The van der Waals surface area contributed by atoms with Crippen LogP contribution in [0.3, 0.4) is 0 Å². The van der Waals surface area contributed by atoms with E-state index in [0.717, 1.165) is 24.9 Å². The van der Waals surface area contributed by atoms with Gasteiger partial charge in [0, 0.05) is 39.6 Å². The van der Waals surface area contributed by atoms with Gasteiger partial charge in [-0.05, 0) is 24.8 Å². The van der Waals surface area contributed by atoms with Crippen molar-refractivity contribution < 1.29 is 0 Å². The number of thiophene rings is 1. The fraction of sp³-hybridized carbons (Fsp3) is 0.571. The molecule has 0 bridgehead atoms. The van der Waals surface area contributed by atoms with Crippen LogP contribution in [0.5, 0.6) is 0 Å². The number of rotatable bonds is 3. The SMILES string of the molecule is CC1N=C(N(C)C)N(C)C(N(C)CCc2cccs2)=N1. The van der Waals surface area contributed by atoms with Gasteiger partial charge in [-0.25, -0.2) is 9.98 Å². The quantitative estimate of drug-likeness (QED) is 0.852. The first-order chi connectivity index (χ1) is 9.49. The molecular formula is C14H23N5S. The molecule has 2 rings (SSSR count). The van der Waals surface area contributed by atoms with Crippen LogP contribution in [0.25, 0.3) is 0 Å². The molecule has 0 fully saturated rings. The van der Waals surface area contributed by atoms with E-state index in [2.05, 4.69) is 44.3 Å². The second-order valence-electron chi connectivity index (χ2n) is 5.19. The lowest BCUT2D eigenvalue weighted by atomic mass is 10.3. The second-order valence-corrected chi connectivity index (χ2v) is 6.23. The van der Waals surface area contributed by atoms with E-state index in [0.29, 0.717) is 0 Å². The van der Waals surface area contributed by atoms with Crippen LogP contribution in [0.15, 0.2) is 27.5 Å². The predicted molar refractivity (Wildman–Crippen MR) is 86.4 cm³/mol. The minimum absolute atomic E-state index is 0.0252. The Balaban J connectivity index is 2.03. The largest absolute Gasteiger partial charge is 0.349 e. The summed E-state index contributed by atoms with van der Waals surface area (Å²) in [5.74, 6) is 1.93. The smallest absolute Gasteiger partial charge is 0.205 e. The van der Waals surface area contributed by atoms with E-state index < -0.39 is 0 Å². The molecule has 0 saturated carbocycles. The topological polar surface area (TPSA) is 34.4 Å². The van der Waals surface area contributed by atoms with E-state index in [4.69, 9.17) is 0 Å². The highest BCUT2D eigenvalue weighted by atomic mass is 32.1. The summed E-state index contributed by atoms with van der Waals surface area (Å²) in [6.07, 6.45) is 1.02. The van der Waals surface area contributed by atoms with E-state index in [1.807, 2.05) is 33.0 Å². The highest BCUT2D eigenvalue weighted by Gasteiger charge is 2.23. The number of hydrogen-bond donors (Lipinski definition) is 0. The Morgan fingerprint density at radius 2 is 1.95 bits per heavy atom. The molecule has 0 amide bonds. The minimum Gasteiger partial charge on any atom is -0.349 e. The Hall–Kier alpha value is -1.56. The maximum atomic E-state index is 4.65. The molecule has 1 aliphatic rings. The molecule has 2 heterocycles. The van der Waals surface area contributed by atoms with E-state index in [1.54, 1.807) is 11.3 Å². The zero-order valence-corrected chi connectivity index (χ0v) is 13.7. The van der Waals surface area contributed by atoms with Crippen LogP contribution in [0.2, 0.25) is 0 Å². The Bertz CT molecular complexity index is 492. The number of aliphatic imine (C=N–C) groups is 2. The van der Waals surface area contributed by atoms with Gasteiger partial charge in [0.05, 0.1) is 0 Å². The Morgan fingerprint density at radius 3 is 2.55 bits per heavy atom. The summed E-state index contributed by atoms with van der Waals surface area (Å²) in [5.41, 5.74) is 0. The monoisotopic (exact) mass is 293 g/mol. The fourth-order valence-corrected chi connectivity index (χ4v) is 2.93. The van der Waals surface area contributed by atoms with E-state index in [-0.39, 0.29) is 6.17 Å². The van der Waals surface area contributed by atoms with Crippen molar-refractivity contribution in [1.82, 2.24) is 14.7 Å². The van der Waals surface area contributed by atoms with Gasteiger partial charge in [-0.15, -0.1) is 11.3 Å². The first-order valence-electron chi connectivity index (χ1n) is 6.79. The summed E-state index contributed by atoms with van der Waals surface area (Å²) in [4.78, 5) is 16.9. The van der Waals surface area contributed by atoms with Gasteiger partial charge in [0.15, 0.2) is 0 Å².